The van der Waals surface area contributed by atoms with Gasteiger partial charge in [0.25, 0.3) is 0 Å². The van der Waals surface area contributed by atoms with Crippen molar-refractivity contribution in [3.05, 3.63) is 29.3 Å². The first-order valence-corrected chi connectivity index (χ1v) is 8.49. The van der Waals surface area contributed by atoms with Crippen molar-refractivity contribution in [2.24, 2.45) is 0 Å². The lowest BCUT2D eigenvalue weighted by Crippen LogP contribution is -2.35. The minimum absolute atomic E-state index is 0.0234. The predicted molar refractivity (Wildman–Crippen MR) is 84.7 cm³/mol. The topological polar surface area (TPSA) is 41.5 Å². The maximum atomic E-state index is 10.1. The zero-order valence-electron chi connectivity index (χ0n) is 13.0. The highest BCUT2D eigenvalue weighted by molar-refractivity contribution is 5.43. The molecular weight excluding hydrogens is 262 g/mol. The molecule has 1 aromatic rings. The van der Waals surface area contributed by atoms with Gasteiger partial charge in [0.15, 0.2) is 0 Å². The van der Waals surface area contributed by atoms with E-state index >= 15 is 0 Å². The second-order valence-corrected chi connectivity index (χ2v) is 6.33. The normalized spacial score (nSPS) is 29.0. The number of aliphatic hydroxyl groups excluding tert-OH is 1. The zero-order valence-corrected chi connectivity index (χ0v) is 13.0. The molecule has 3 rings (SSSR count). The molecule has 0 saturated heterocycles. The highest BCUT2D eigenvalue weighted by Gasteiger charge is 2.27. The monoisotopic (exact) mass is 289 g/mol. The van der Waals surface area contributed by atoms with E-state index in [0.717, 1.165) is 44.4 Å². The molecule has 1 aromatic carbocycles. The molecule has 3 unspecified atom stereocenters. The van der Waals surface area contributed by atoms with Crippen molar-refractivity contribution in [1.82, 2.24) is 5.32 Å². The van der Waals surface area contributed by atoms with Crippen LogP contribution in [0.3, 0.4) is 0 Å². The molecular formula is C18H27NO2. The molecule has 0 aliphatic heterocycles. The molecule has 0 aromatic heterocycles. The summed E-state index contributed by atoms with van der Waals surface area (Å²) < 4.78 is 6.21. The number of hydrogen-bond donors (Lipinski definition) is 2. The van der Waals surface area contributed by atoms with Gasteiger partial charge in [0.05, 0.1) is 6.10 Å². The van der Waals surface area contributed by atoms with Crippen LogP contribution in [-0.4, -0.2) is 23.9 Å². The van der Waals surface area contributed by atoms with Gasteiger partial charge in [-0.1, -0.05) is 25.5 Å². The third kappa shape index (κ3) is 3.24. The largest absolute Gasteiger partial charge is 0.487 e. The van der Waals surface area contributed by atoms with Crippen LogP contribution >= 0.6 is 0 Å². The molecule has 3 nitrogen and oxygen atoms in total. The number of benzene rings is 1. The number of rotatable bonds is 4. The van der Waals surface area contributed by atoms with Gasteiger partial charge in [-0.15, -0.1) is 0 Å². The van der Waals surface area contributed by atoms with Crippen LogP contribution in [0.4, 0.5) is 0 Å². The summed E-state index contributed by atoms with van der Waals surface area (Å²) in [4.78, 5) is 0. The van der Waals surface area contributed by atoms with Crippen molar-refractivity contribution in [1.29, 1.82) is 0 Å². The first-order valence-electron chi connectivity index (χ1n) is 8.49. The molecule has 2 aliphatic carbocycles. The molecule has 2 aliphatic rings. The van der Waals surface area contributed by atoms with E-state index in [9.17, 15) is 5.11 Å². The summed E-state index contributed by atoms with van der Waals surface area (Å²) in [6.07, 6.45) is 7.31. The molecule has 3 heteroatoms. The van der Waals surface area contributed by atoms with Gasteiger partial charge in [-0.3, -0.25) is 0 Å². The zero-order chi connectivity index (χ0) is 14.7. The van der Waals surface area contributed by atoms with Crippen LogP contribution in [0.15, 0.2) is 18.2 Å². The fraction of sp³-hybridized carbons (Fsp3) is 0.667. The van der Waals surface area contributed by atoms with Crippen LogP contribution < -0.4 is 10.1 Å². The summed E-state index contributed by atoms with van der Waals surface area (Å²) in [7, 11) is 0. The molecule has 21 heavy (non-hydrogen) atoms. The highest BCUT2D eigenvalue weighted by atomic mass is 16.5. The molecule has 2 N–H and O–H groups in total. The minimum Gasteiger partial charge on any atom is -0.487 e. The van der Waals surface area contributed by atoms with Gasteiger partial charge in [0.2, 0.25) is 0 Å². The summed E-state index contributed by atoms with van der Waals surface area (Å²) in [6, 6.07) is 6.86. The van der Waals surface area contributed by atoms with Crippen LogP contribution in [0.5, 0.6) is 5.75 Å². The van der Waals surface area contributed by atoms with Gasteiger partial charge in [-0.2, -0.15) is 0 Å². The van der Waals surface area contributed by atoms with Gasteiger partial charge in [-0.05, 0) is 62.3 Å². The molecule has 3 atom stereocenters. The molecule has 0 heterocycles. The minimum atomic E-state index is -0.303. The highest BCUT2D eigenvalue weighted by Crippen LogP contribution is 2.36. The molecule has 0 amide bonds. The van der Waals surface area contributed by atoms with Crippen LogP contribution in [0.25, 0.3) is 0 Å². The lowest BCUT2D eigenvalue weighted by molar-refractivity contribution is 0.00625. The van der Waals surface area contributed by atoms with Crippen LogP contribution in [-0.2, 0) is 6.42 Å². The van der Waals surface area contributed by atoms with Gasteiger partial charge in [-0.25, -0.2) is 0 Å². The maximum Gasteiger partial charge on any atom is 0.124 e. The standard InChI is InChI=1S/C18H27NO2/c1-2-19-15-9-5-8-14-13(15)7-6-12-17(14)21-18-11-4-3-10-16(18)20/h6-7,12,15-16,18-20H,2-5,8-11H2,1H3. The number of nitrogens with one attached hydrogen (secondary N) is 1. The van der Waals surface area contributed by atoms with Crippen molar-refractivity contribution in [2.75, 3.05) is 6.54 Å². The van der Waals surface area contributed by atoms with E-state index in [1.54, 1.807) is 0 Å². The Morgan fingerprint density at radius 3 is 2.86 bits per heavy atom. The lowest BCUT2D eigenvalue weighted by Gasteiger charge is -2.32. The first kappa shape index (κ1) is 14.9. The second-order valence-electron chi connectivity index (χ2n) is 6.33. The molecule has 0 spiro atoms. The van der Waals surface area contributed by atoms with E-state index in [-0.39, 0.29) is 12.2 Å². The van der Waals surface area contributed by atoms with Gasteiger partial charge in [0, 0.05) is 6.04 Å². The summed E-state index contributed by atoms with van der Waals surface area (Å²) in [6.45, 7) is 3.16. The fourth-order valence-electron chi connectivity index (χ4n) is 3.76. The molecule has 0 bridgehead atoms. The van der Waals surface area contributed by atoms with Crippen LogP contribution in [0.2, 0.25) is 0 Å². The Labute approximate surface area is 127 Å². The smallest absolute Gasteiger partial charge is 0.124 e. The number of aliphatic hydroxyl groups is 1. The van der Waals surface area contributed by atoms with E-state index < -0.39 is 0 Å². The number of fused-ring (bicyclic) bond motifs is 1. The van der Waals surface area contributed by atoms with Crippen molar-refractivity contribution in [3.63, 3.8) is 0 Å². The third-order valence-corrected chi connectivity index (χ3v) is 4.86. The fourth-order valence-corrected chi connectivity index (χ4v) is 3.76. The van der Waals surface area contributed by atoms with E-state index in [4.69, 9.17) is 4.74 Å². The summed E-state index contributed by atoms with van der Waals surface area (Å²) in [5.74, 6) is 1.00. The Hall–Kier alpha value is -1.06. The second kappa shape index (κ2) is 6.80. The molecule has 0 radical (unpaired) electrons. The van der Waals surface area contributed by atoms with E-state index in [2.05, 4.69) is 30.4 Å². The SMILES string of the molecule is CCNC1CCCc2c(OC3CCCCC3O)cccc21. The van der Waals surface area contributed by atoms with E-state index in [0.29, 0.717) is 6.04 Å². The summed E-state index contributed by atoms with van der Waals surface area (Å²) in [5.41, 5.74) is 2.75. The van der Waals surface area contributed by atoms with Crippen molar-refractivity contribution >= 4 is 0 Å². The first-order chi connectivity index (χ1) is 10.3. The Balaban J connectivity index is 1.81. The summed E-state index contributed by atoms with van der Waals surface area (Å²) in [5, 5.41) is 13.7. The Morgan fingerprint density at radius 1 is 1.19 bits per heavy atom. The Morgan fingerprint density at radius 2 is 2.05 bits per heavy atom. The van der Waals surface area contributed by atoms with Gasteiger partial charge in [0.1, 0.15) is 11.9 Å². The van der Waals surface area contributed by atoms with Crippen molar-refractivity contribution < 1.29 is 9.84 Å². The summed E-state index contributed by atoms with van der Waals surface area (Å²) >= 11 is 0. The van der Waals surface area contributed by atoms with Crippen LogP contribution in [0, 0.1) is 0 Å². The molecule has 116 valence electrons. The van der Waals surface area contributed by atoms with Crippen LogP contribution in [0.1, 0.15) is 62.6 Å². The van der Waals surface area contributed by atoms with Crippen molar-refractivity contribution in [3.8, 4) is 5.75 Å². The van der Waals surface area contributed by atoms with E-state index in [1.165, 1.54) is 24.0 Å². The number of ether oxygens (including phenoxy) is 1. The molecule has 1 saturated carbocycles. The number of hydrogen-bond acceptors (Lipinski definition) is 3. The average Bonchev–Trinajstić information content (AvgIpc) is 2.51. The lowest BCUT2D eigenvalue weighted by atomic mass is 9.87. The quantitative estimate of drug-likeness (QED) is 0.893. The van der Waals surface area contributed by atoms with Gasteiger partial charge < -0.3 is 15.2 Å². The third-order valence-electron chi connectivity index (χ3n) is 4.86. The maximum absolute atomic E-state index is 10.1. The molecule has 1 fully saturated rings. The predicted octanol–water partition coefficient (Wildman–Crippen LogP) is 3.36. The Bertz CT molecular complexity index is 474. The Kier molecular flexibility index (Phi) is 4.81. The van der Waals surface area contributed by atoms with Gasteiger partial charge >= 0.3 is 0 Å². The van der Waals surface area contributed by atoms with Crippen molar-refractivity contribution in [2.45, 2.75) is 70.1 Å². The average molecular weight is 289 g/mol. The van der Waals surface area contributed by atoms with E-state index in [1.807, 2.05) is 0 Å².